The molecular formula is C24H22FN3O2S. The van der Waals surface area contributed by atoms with E-state index in [1.807, 2.05) is 43.5 Å². The summed E-state index contributed by atoms with van der Waals surface area (Å²) in [5, 5.41) is 5.41. The number of aromatic nitrogens is 2. The highest BCUT2D eigenvalue weighted by Gasteiger charge is 2.15. The van der Waals surface area contributed by atoms with Crippen LogP contribution in [0.1, 0.15) is 30.5 Å². The molecule has 0 radical (unpaired) electrons. The molecule has 1 N–H and O–H groups in total. The van der Waals surface area contributed by atoms with Gasteiger partial charge in [-0.2, -0.15) is 0 Å². The van der Waals surface area contributed by atoms with E-state index in [0.717, 1.165) is 22.3 Å². The molecule has 7 heteroatoms. The number of aryl methyl sites for hydroxylation is 2. The van der Waals surface area contributed by atoms with Crippen LogP contribution in [0.2, 0.25) is 0 Å². The molecule has 0 saturated carbocycles. The van der Waals surface area contributed by atoms with Gasteiger partial charge >= 0.3 is 0 Å². The first kappa shape index (κ1) is 20.9. The fourth-order valence-electron chi connectivity index (χ4n) is 3.44. The molecule has 2 aromatic heterocycles. The summed E-state index contributed by atoms with van der Waals surface area (Å²) in [6, 6.07) is 13.8. The van der Waals surface area contributed by atoms with E-state index in [1.165, 1.54) is 34.4 Å². The molecule has 1 atom stereocenters. The zero-order chi connectivity index (χ0) is 22.0. The molecule has 0 aliphatic rings. The Morgan fingerprint density at radius 1 is 1.16 bits per heavy atom. The number of halogens is 1. The number of fused-ring (bicyclic) bond motifs is 1. The highest BCUT2D eigenvalue weighted by molar-refractivity contribution is 7.17. The van der Waals surface area contributed by atoms with Crippen LogP contribution >= 0.6 is 11.3 Å². The van der Waals surface area contributed by atoms with Crippen LogP contribution in [0.3, 0.4) is 0 Å². The topological polar surface area (TPSA) is 64.0 Å². The van der Waals surface area contributed by atoms with Gasteiger partial charge in [-0.1, -0.05) is 42.0 Å². The molecule has 5 nitrogen and oxygen atoms in total. The van der Waals surface area contributed by atoms with Crippen LogP contribution in [0.25, 0.3) is 21.3 Å². The van der Waals surface area contributed by atoms with Gasteiger partial charge in [0.25, 0.3) is 5.56 Å². The third-order valence-corrected chi connectivity index (χ3v) is 6.14. The van der Waals surface area contributed by atoms with Gasteiger partial charge in [-0.3, -0.25) is 14.2 Å². The van der Waals surface area contributed by atoms with E-state index >= 15 is 0 Å². The Kier molecular flexibility index (Phi) is 5.95. The van der Waals surface area contributed by atoms with E-state index in [4.69, 9.17) is 0 Å². The summed E-state index contributed by atoms with van der Waals surface area (Å²) in [4.78, 5) is 30.6. The van der Waals surface area contributed by atoms with Crippen LogP contribution in [-0.2, 0) is 11.3 Å². The molecule has 2 aromatic carbocycles. The lowest BCUT2D eigenvalue weighted by Crippen LogP contribution is -2.29. The van der Waals surface area contributed by atoms with E-state index in [9.17, 15) is 14.0 Å². The molecule has 0 spiro atoms. The largest absolute Gasteiger partial charge is 0.350 e. The van der Waals surface area contributed by atoms with Crippen molar-refractivity contribution in [3.63, 3.8) is 0 Å². The fraction of sp³-hybridized carbons (Fsp3) is 0.208. The van der Waals surface area contributed by atoms with Crippen molar-refractivity contribution in [2.75, 3.05) is 0 Å². The van der Waals surface area contributed by atoms with Crippen molar-refractivity contribution in [1.82, 2.24) is 14.9 Å². The number of thiophene rings is 1. The number of benzene rings is 2. The SMILES string of the molecule is Cc1ccc(-c2csc3ncn(CCC(=O)N[C@@H](C)c4ccc(F)cc4)c(=O)c23)cc1. The molecule has 158 valence electrons. The quantitative estimate of drug-likeness (QED) is 0.471. The van der Waals surface area contributed by atoms with Crippen molar-refractivity contribution in [1.29, 1.82) is 0 Å². The number of nitrogens with zero attached hydrogens (tertiary/aromatic N) is 2. The minimum atomic E-state index is -0.317. The number of hydrogen-bond donors (Lipinski definition) is 1. The fourth-order valence-corrected chi connectivity index (χ4v) is 4.35. The van der Waals surface area contributed by atoms with Crippen LogP contribution in [0.15, 0.2) is 65.0 Å². The van der Waals surface area contributed by atoms with Gasteiger partial charge in [-0.05, 0) is 37.1 Å². The normalized spacial score (nSPS) is 12.1. The van der Waals surface area contributed by atoms with Crippen LogP contribution in [0, 0.1) is 12.7 Å². The van der Waals surface area contributed by atoms with E-state index in [1.54, 1.807) is 12.1 Å². The maximum absolute atomic E-state index is 13.1. The Morgan fingerprint density at radius 3 is 2.58 bits per heavy atom. The number of amides is 1. The number of carbonyl (C=O) groups is 1. The van der Waals surface area contributed by atoms with Gasteiger partial charge in [0.2, 0.25) is 5.91 Å². The smallest absolute Gasteiger partial charge is 0.262 e. The number of hydrogen-bond acceptors (Lipinski definition) is 4. The summed E-state index contributed by atoms with van der Waals surface area (Å²) in [6.45, 7) is 4.09. The molecule has 1 amide bonds. The van der Waals surface area contributed by atoms with E-state index < -0.39 is 0 Å². The zero-order valence-corrected chi connectivity index (χ0v) is 18.1. The standard InChI is InChI=1S/C24H22FN3O2S/c1-15-3-5-18(6-4-15)20-13-31-23-22(20)24(30)28(14-26-23)12-11-21(29)27-16(2)17-7-9-19(25)10-8-17/h3-10,13-14,16H,11-12H2,1-2H3,(H,27,29)/t16-/m0/s1. The van der Waals surface area contributed by atoms with E-state index in [2.05, 4.69) is 10.3 Å². The first-order valence-corrected chi connectivity index (χ1v) is 10.9. The summed E-state index contributed by atoms with van der Waals surface area (Å²) < 4.78 is 14.6. The zero-order valence-electron chi connectivity index (χ0n) is 17.3. The van der Waals surface area contributed by atoms with E-state index in [-0.39, 0.29) is 36.3 Å². The predicted molar refractivity (Wildman–Crippen MR) is 122 cm³/mol. The van der Waals surface area contributed by atoms with Crippen LogP contribution in [0.4, 0.5) is 4.39 Å². The van der Waals surface area contributed by atoms with Gasteiger partial charge < -0.3 is 5.32 Å². The Morgan fingerprint density at radius 2 is 1.87 bits per heavy atom. The molecule has 0 aliphatic carbocycles. The lowest BCUT2D eigenvalue weighted by atomic mass is 10.1. The van der Waals surface area contributed by atoms with Gasteiger partial charge in [0.1, 0.15) is 10.6 Å². The second-order valence-corrected chi connectivity index (χ2v) is 8.39. The molecule has 0 unspecified atom stereocenters. The van der Waals surface area contributed by atoms with Crippen LogP contribution in [0.5, 0.6) is 0 Å². The second kappa shape index (κ2) is 8.81. The minimum Gasteiger partial charge on any atom is -0.350 e. The first-order valence-electron chi connectivity index (χ1n) is 10.0. The van der Waals surface area contributed by atoms with Crippen molar-refractivity contribution in [3.05, 3.63) is 87.5 Å². The van der Waals surface area contributed by atoms with Gasteiger partial charge in [-0.15, -0.1) is 11.3 Å². The first-order chi connectivity index (χ1) is 14.9. The average Bonchev–Trinajstić information content (AvgIpc) is 3.19. The second-order valence-electron chi connectivity index (χ2n) is 7.53. The number of carbonyl (C=O) groups excluding carboxylic acids is 1. The molecule has 31 heavy (non-hydrogen) atoms. The highest BCUT2D eigenvalue weighted by Crippen LogP contribution is 2.30. The van der Waals surface area contributed by atoms with Crippen molar-refractivity contribution in [3.8, 4) is 11.1 Å². The summed E-state index contributed by atoms with van der Waals surface area (Å²) in [7, 11) is 0. The third kappa shape index (κ3) is 4.56. The molecule has 0 aliphatic heterocycles. The highest BCUT2D eigenvalue weighted by atomic mass is 32.1. The average molecular weight is 436 g/mol. The Balaban J connectivity index is 1.49. The predicted octanol–water partition coefficient (Wildman–Crippen LogP) is 4.84. The van der Waals surface area contributed by atoms with Gasteiger partial charge in [0.15, 0.2) is 0 Å². The number of nitrogens with one attached hydrogen (secondary N) is 1. The van der Waals surface area contributed by atoms with Gasteiger partial charge in [0, 0.05) is 23.9 Å². The lowest BCUT2D eigenvalue weighted by molar-refractivity contribution is -0.121. The maximum atomic E-state index is 13.1. The molecule has 0 bridgehead atoms. The van der Waals surface area contributed by atoms with Crippen molar-refractivity contribution in [2.24, 2.45) is 0 Å². The summed E-state index contributed by atoms with van der Waals surface area (Å²) in [6.07, 6.45) is 1.64. The minimum absolute atomic E-state index is 0.141. The van der Waals surface area contributed by atoms with Gasteiger partial charge in [-0.25, -0.2) is 9.37 Å². The molecule has 4 aromatic rings. The number of rotatable bonds is 6. The van der Waals surface area contributed by atoms with Crippen LogP contribution in [-0.4, -0.2) is 15.5 Å². The summed E-state index contributed by atoms with van der Waals surface area (Å²) in [5.41, 5.74) is 3.65. The molecular weight excluding hydrogens is 413 g/mol. The van der Waals surface area contributed by atoms with Crippen molar-refractivity contribution >= 4 is 27.5 Å². The van der Waals surface area contributed by atoms with E-state index in [0.29, 0.717) is 10.2 Å². The molecule has 2 heterocycles. The third-order valence-electron chi connectivity index (χ3n) is 5.25. The van der Waals surface area contributed by atoms with Crippen molar-refractivity contribution in [2.45, 2.75) is 32.9 Å². The molecule has 4 rings (SSSR count). The summed E-state index contributed by atoms with van der Waals surface area (Å²) in [5.74, 6) is -0.504. The molecule has 0 saturated heterocycles. The Labute approximate surface area is 183 Å². The van der Waals surface area contributed by atoms with Crippen molar-refractivity contribution < 1.29 is 9.18 Å². The van der Waals surface area contributed by atoms with Crippen LogP contribution < -0.4 is 10.9 Å². The lowest BCUT2D eigenvalue weighted by Gasteiger charge is -2.14. The molecule has 0 fully saturated rings. The Hall–Kier alpha value is -3.32. The Bertz CT molecular complexity index is 1280. The summed E-state index contributed by atoms with van der Waals surface area (Å²) >= 11 is 1.44. The van der Waals surface area contributed by atoms with Gasteiger partial charge in [0.05, 0.1) is 17.8 Å². The maximum Gasteiger partial charge on any atom is 0.262 e. The monoisotopic (exact) mass is 435 g/mol.